The van der Waals surface area contributed by atoms with Crippen molar-refractivity contribution in [3.63, 3.8) is 0 Å². The number of nitrogens with zero attached hydrogens (tertiary/aromatic N) is 4. The van der Waals surface area contributed by atoms with E-state index in [1.165, 1.54) is 0 Å². The lowest BCUT2D eigenvalue weighted by Gasteiger charge is -2.36. The second-order valence-corrected chi connectivity index (χ2v) is 7.84. The van der Waals surface area contributed by atoms with Gasteiger partial charge in [0.1, 0.15) is 12.3 Å². The number of hydrogen-bond acceptors (Lipinski definition) is 4. The van der Waals surface area contributed by atoms with Crippen LogP contribution in [0.5, 0.6) is 5.75 Å². The minimum absolute atomic E-state index is 0.00863. The number of anilines is 2. The van der Waals surface area contributed by atoms with Crippen LogP contribution >= 0.6 is 11.6 Å². The first-order valence-corrected chi connectivity index (χ1v) is 10.4. The van der Waals surface area contributed by atoms with Crippen molar-refractivity contribution in [1.82, 2.24) is 9.80 Å². The minimum atomic E-state index is -0.133. The van der Waals surface area contributed by atoms with Crippen LogP contribution in [0, 0.1) is 0 Å². The molecule has 0 bridgehead atoms. The zero-order valence-electron chi connectivity index (χ0n) is 17.0. The highest BCUT2D eigenvalue weighted by molar-refractivity contribution is 6.30. The molecule has 2 aliphatic heterocycles. The molecule has 0 unspecified atom stereocenters. The Kier molecular flexibility index (Phi) is 5.99. The van der Waals surface area contributed by atoms with Crippen LogP contribution in [-0.2, 0) is 4.79 Å². The molecule has 2 aromatic carbocycles. The van der Waals surface area contributed by atoms with Crippen molar-refractivity contribution >= 4 is 34.9 Å². The Morgan fingerprint density at radius 1 is 0.967 bits per heavy atom. The van der Waals surface area contributed by atoms with Crippen LogP contribution in [0.2, 0.25) is 5.02 Å². The second kappa shape index (κ2) is 8.83. The van der Waals surface area contributed by atoms with Gasteiger partial charge in [-0.2, -0.15) is 0 Å². The Morgan fingerprint density at radius 3 is 2.37 bits per heavy atom. The van der Waals surface area contributed by atoms with Gasteiger partial charge in [-0.1, -0.05) is 17.7 Å². The Balaban J connectivity index is 1.30. The lowest BCUT2D eigenvalue weighted by atomic mass is 10.2. The third-order valence-corrected chi connectivity index (χ3v) is 5.85. The van der Waals surface area contributed by atoms with Gasteiger partial charge in [-0.15, -0.1) is 0 Å². The lowest BCUT2D eigenvalue weighted by Crippen LogP contribution is -2.51. The fraction of sp³-hybridized carbons (Fsp3) is 0.364. The molecule has 3 amide bonds. The summed E-state index contributed by atoms with van der Waals surface area (Å²) in [6, 6.07) is 15.0. The highest BCUT2D eigenvalue weighted by atomic mass is 35.5. The van der Waals surface area contributed by atoms with Crippen molar-refractivity contribution < 1.29 is 14.3 Å². The van der Waals surface area contributed by atoms with Crippen LogP contribution in [0.15, 0.2) is 48.5 Å². The number of benzene rings is 2. The molecule has 8 heteroatoms. The molecule has 4 rings (SSSR count). The number of piperazine rings is 1. The molecule has 0 aliphatic carbocycles. The molecule has 158 valence electrons. The first-order chi connectivity index (χ1) is 14.5. The van der Waals surface area contributed by atoms with E-state index in [-0.39, 0.29) is 18.5 Å². The Labute approximate surface area is 181 Å². The van der Waals surface area contributed by atoms with Crippen LogP contribution in [0.4, 0.5) is 16.2 Å². The number of urea groups is 1. The van der Waals surface area contributed by atoms with E-state index in [1.807, 2.05) is 53.4 Å². The maximum Gasteiger partial charge on any atom is 0.325 e. The average Bonchev–Trinajstić information content (AvgIpc) is 3.14. The first-order valence-electron chi connectivity index (χ1n) is 10.0. The third-order valence-electron chi connectivity index (χ3n) is 5.61. The van der Waals surface area contributed by atoms with Gasteiger partial charge in [0, 0.05) is 55.7 Å². The predicted octanol–water partition coefficient (Wildman–Crippen LogP) is 2.94. The van der Waals surface area contributed by atoms with Crippen molar-refractivity contribution in [1.29, 1.82) is 0 Å². The number of halogens is 1. The van der Waals surface area contributed by atoms with Crippen molar-refractivity contribution in [2.24, 2.45) is 0 Å². The van der Waals surface area contributed by atoms with Gasteiger partial charge < -0.3 is 19.4 Å². The molecule has 0 saturated carbocycles. The smallest absolute Gasteiger partial charge is 0.325 e. The van der Waals surface area contributed by atoms with Gasteiger partial charge in [0.2, 0.25) is 5.91 Å². The molecular formula is C22H25ClN4O3. The topological polar surface area (TPSA) is 56.3 Å². The minimum Gasteiger partial charge on any atom is -0.497 e. The van der Waals surface area contributed by atoms with Gasteiger partial charge in [0.25, 0.3) is 0 Å². The highest BCUT2D eigenvalue weighted by Crippen LogP contribution is 2.24. The number of rotatable bonds is 5. The second-order valence-electron chi connectivity index (χ2n) is 7.40. The zero-order chi connectivity index (χ0) is 21.1. The molecular weight excluding hydrogens is 404 g/mol. The molecule has 0 N–H and O–H groups in total. The lowest BCUT2D eigenvalue weighted by molar-refractivity contribution is -0.131. The summed E-state index contributed by atoms with van der Waals surface area (Å²) in [6.45, 7) is 3.99. The van der Waals surface area contributed by atoms with Crippen molar-refractivity contribution in [2.45, 2.75) is 0 Å². The summed E-state index contributed by atoms with van der Waals surface area (Å²) >= 11 is 6.08. The normalized spacial score (nSPS) is 16.9. The van der Waals surface area contributed by atoms with Crippen LogP contribution in [-0.4, -0.2) is 74.7 Å². The number of methoxy groups -OCH3 is 1. The summed E-state index contributed by atoms with van der Waals surface area (Å²) in [5.74, 6) is 0.736. The van der Waals surface area contributed by atoms with E-state index >= 15 is 0 Å². The van der Waals surface area contributed by atoms with Crippen molar-refractivity contribution in [3.05, 3.63) is 53.6 Å². The van der Waals surface area contributed by atoms with E-state index in [9.17, 15) is 9.59 Å². The monoisotopic (exact) mass is 428 g/mol. The number of hydrogen-bond donors (Lipinski definition) is 0. The van der Waals surface area contributed by atoms with Gasteiger partial charge in [0.15, 0.2) is 0 Å². The van der Waals surface area contributed by atoms with Crippen molar-refractivity contribution in [2.75, 3.05) is 62.7 Å². The third kappa shape index (κ3) is 4.31. The van der Waals surface area contributed by atoms with Crippen LogP contribution in [0.3, 0.4) is 0 Å². The van der Waals surface area contributed by atoms with Gasteiger partial charge in [-0.05, 0) is 42.5 Å². The summed E-state index contributed by atoms with van der Waals surface area (Å²) in [7, 11) is 1.61. The predicted molar refractivity (Wildman–Crippen MR) is 118 cm³/mol. The van der Waals surface area contributed by atoms with E-state index < -0.39 is 0 Å². The van der Waals surface area contributed by atoms with E-state index in [1.54, 1.807) is 16.9 Å². The Hall–Kier alpha value is -2.93. The molecule has 2 saturated heterocycles. The molecule has 2 heterocycles. The van der Waals surface area contributed by atoms with E-state index in [2.05, 4.69) is 4.90 Å². The van der Waals surface area contributed by atoms with Gasteiger partial charge in [0.05, 0.1) is 7.11 Å². The van der Waals surface area contributed by atoms with Gasteiger partial charge in [-0.3, -0.25) is 9.69 Å². The highest BCUT2D eigenvalue weighted by Gasteiger charge is 2.32. The Morgan fingerprint density at radius 2 is 1.70 bits per heavy atom. The molecule has 30 heavy (non-hydrogen) atoms. The number of carbonyl (C=O) groups excluding carboxylic acids is 2. The molecule has 2 fully saturated rings. The van der Waals surface area contributed by atoms with Gasteiger partial charge >= 0.3 is 6.03 Å². The fourth-order valence-electron chi connectivity index (χ4n) is 3.88. The van der Waals surface area contributed by atoms with E-state index in [0.29, 0.717) is 31.2 Å². The number of amides is 3. The molecule has 0 spiro atoms. The maximum atomic E-state index is 12.8. The zero-order valence-corrected chi connectivity index (χ0v) is 17.7. The van der Waals surface area contributed by atoms with E-state index in [4.69, 9.17) is 16.3 Å². The molecule has 0 aromatic heterocycles. The SMILES string of the molecule is COc1ccc(N2CCN(CC(=O)N3CCN(c4cccc(Cl)c4)CC3)C2=O)cc1. The van der Waals surface area contributed by atoms with Crippen LogP contribution in [0.25, 0.3) is 0 Å². The summed E-state index contributed by atoms with van der Waals surface area (Å²) in [5, 5.41) is 0.708. The fourth-order valence-corrected chi connectivity index (χ4v) is 4.07. The van der Waals surface area contributed by atoms with Crippen molar-refractivity contribution in [3.8, 4) is 5.75 Å². The molecule has 7 nitrogen and oxygen atoms in total. The molecule has 0 atom stereocenters. The standard InChI is InChI=1S/C22H25ClN4O3/c1-30-20-7-5-18(6-8-20)27-14-13-26(22(27)29)16-21(28)25-11-9-24(10-12-25)19-4-2-3-17(23)15-19/h2-8,15H,9-14,16H2,1H3. The maximum absolute atomic E-state index is 12.8. The van der Waals surface area contributed by atoms with Crippen LogP contribution < -0.4 is 14.5 Å². The molecule has 0 radical (unpaired) electrons. The number of ether oxygens (including phenoxy) is 1. The first kappa shape index (κ1) is 20.3. The average molecular weight is 429 g/mol. The number of carbonyl (C=O) groups is 2. The van der Waals surface area contributed by atoms with Gasteiger partial charge in [-0.25, -0.2) is 4.79 Å². The largest absolute Gasteiger partial charge is 0.497 e. The summed E-state index contributed by atoms with van der Waals surface area (Å²) in [4.78, 5) is 32.9. The molecule has 2 aromatic rings. The molecule has 2 aliphatic rings. The van der Waals surface area contributed by atoms with E-state index in [0.717, 1.165) is 30.2 Å². The summed E-state index contributed by atoms with van der Waals surface area (Å²) < 4.78 is 5.17. The van der Waals surface area contributed by atoms with Crippen LogP contribution in [0.1, 0.15) is 0 Å². The quantitative estimate of drug-likeness (QED) is 0.734. The summed E-state index contributed by atoms with van der Waals surface area (Å²) in [5.41, 5.74) is 1.88. The summed E-state index contributed by atoms with van der Waals surface area (Å²) in [6.07, 6.45) is 0. The Bertz CT molecular complexity index is 913.